The van der Waals surface area contributed by atoms with Crippen LogP contribution in [-0.4, -0.2) is 41.1 Å². The van der Waals surface area contributed by atoms with Crippen LogP contribution in [0.25, 0.3) is 17.0 Å². The summed E-state index contributed by atoms with van der Waals surface area (Å²) in [5.74, 6) is 1.00. The summed E-state index contributed by atoms with van der Waals surface area (Å²) in [4.78, 5) is 0. The van der Waals surface area contributed by atoms with Gasteiger partial charge in [0.1, 0.15) is 24.3 Å². The number of hydrogen-bond acceptors (Lipinski definition) is 6. The van der Waals surface area contributed by atoms with Crippen molar-refractivity contribution in [2.75, 3.05) is 11.9 Å². The van der Waals surface area contributed by atoms with Crippen molar-refractivity contribution in [2.45, 2.75) is 13.0 Å². The van der Waals surface area contributed by atoms with Crippen molar-refractivity contribution in [1.82, 2.24) is 34.6 Å². The highest BCUT2D eigenvalue weighted by Crippen LogP contribution is 2.18. The van der Waals surface area contributed by atoms with Crippen LogP contribution in [0.3, 0.4) is 0 Å². The van der Waals surface area contributed by atoms with Gasteiger partial charge in [0.25, 0.3) is 0 Å². The standard InChI is InChI=1S/C16H15FN8/c17-13-4-2-12(3-5-13)16-22-21-15-7-6-14(23-25(15)16)18-8-1-9-24-10-19-20-11-24/h2-7,10-11H,1,8-9H2,(H,18,23). The molecule has 8 nitrogen and oxygen atoms in total. The van der Waals surface area contributed by atoms with Crippen LogP contribution in [0.2, 0.25) is 0 Å². The van der Waals surface area contributed by atoms with E-state index in [-0.39, 0.29) is 5.82 Å². The lowest BCUT2D eigenvalue weighted by molar-refractivity contribution is 0.628. The molecule has 1 aromatic carbocycles. The zero-order valence-electron chi connectivity index (χ0n) is 13.2. The predicted octanol–water partition coefficient (Wildman–Crippen LogP) is 2.02. The van der Waals surface area contributed by atoms with E-state index < -0.39 is 0 Å². The van der Waals surface area contributed by atoms with E-state index in [0.29, 0.717) is 11.5 Å². The number of nitrogens with zero attached hydrogens (tertiary/aromatic N) is 7. The van der Waals surface area contributed by atoms with Gasteiger partial charge in [-0.25, -0.2) is 4.39 Å². The van der Waals surface area contributed by atoms with E-state index in [1.54, 1.807) is 29.3 Å². The molecule has 0 bridgehead atoms. The Morgan fingerprint density at radius 3 is 2.56 bits per heavy atom. The topological polar surface area (TPSA) is 85.8 Å². The minimum Gasteiger partial charge on any atom is -0.369 e. The molecule has 25 heavy (non-hydrogen) atoms. The minimum absolute atomic E-state index is 0.291. The number of hydrogen-bond donors (Lipinski definition) is 1. The van der Waals surface area contributed by atoms with E-state index in [1.165, 1.54) is 12.1 Å². The van der Waals surface area contributed by atoms with Crippen LogP contribution < -0.4 is 5.32 Å². The second-order valence-corrected chi connectivity index (χ2v) is 5.50. The fourth-order valence-corrected chi connectivity index (χ4v) is 2.48. The molecule has 0 aliphatic heterocycles. The van der Waals surface area contributed by atoms with Crippen LogP contribution in [-0.2, 0) is 6.54 Å². The number of aryl methyl sites for hydroxylation is 1. The van der Waals surface area contributed by atoms with Crippen LogP contribution >= 0.6 is 0 Å². The van der Waals surface area contributed by atoms with Gasteiger partial charge in [-0.15, -0.1) is 25.5 Å². The lowest BCUT2D eigenvalue weighted by Gasteiger charge is -2.06. The van der Waals surface area contributed by atoms with E-state index in [4.69, 9.17) is 0 Å². The summed E-state index contributed by atoms with van der Waals surface area (Å²) >= 11 is 0. The number of aromatic nitrogens is 7. The van der Waals surface area contributed by atoms with Gasteiger partial charge >= 0.3 is 0 Å². The highest BCUT2D eigenvalue weighted by Gasteiger charge is 2.10. The van der Waals surface area contributed by atoms with Crippen LogP contribution in [0.5, 0.6) is 0 Å². The van der Waals surface area contributed by atoms with Crippen LogP contribution in [0, 0.1) is 5.82 Å². The Balaban J connectivity index is 1.49. The van der Waals surface area contributed by atoms with Crippen molar-refractivity contribution in [2.24, 2.45) is 0 Å². The maximum atomic E-state index is 13.1. The van der Waals surface area contributed by atoms with Gasteiger partial charge in [-0.05, 0) is 42.8 Å². The van der Waals surface area contributed by atoms with Gasteiger partial charge in [0.15, 0.2) is 11.5 Å². The Morgan fingerprint density at radius 2 is 1.76 bits per heavy atom. The highest BCUT2D eigenvalue weighted by atomic mass is 19.1. The van der Waals surface area contributed by atoms with E-state index >= 15 is 0 Å². The van der Waals surface area contributed by atoms with Crippen LogP contribution in [0.1, 0.15) is 6.42 Å². The van der Waals surface area contributed by atoms with Gasteiger partial charge in [0.2, 0.25) is 0 Å². The molecule has 0 aliphatic rings. The normalized spacial score (nSPS) is 11.1. The number of rotatable bonds is 6. The van der Waals surface area contributed by atoms with Crippen molar-refractivity contribution in [1.29, 1.82) is 0 Å². The summed E-state index contributed by atoms with van der Waals surface area (Å²) in [7, 11) is 0. The predicted molar refractivity (Wildman–Crippen MR) is 89.3 cm³/mol. The summed E-state index contributed by atoms with van der Waals surface area (Å²) < 4.78 is 16.7. The number of halogens is 1. The Hall–Kier alpha value is -3.36. The Morgan fingerprint density at radius 1 is 0.960 bits per heavy atom. The van der Waals surface area contributed by atoms with Gasteiger partial charge in [0, 0.05) is 18.7 Å². The molecule has 0 amide bonds. The second-order valence-electron chi connectivity index (χ2n) is 5.50. The van der Waals surface area contributed by atoms with Crippen LogP contribution in [0.4, 0.5) is 10.2 Å². The van der Waals surface area contributed by atoms with E-state index in [1.807, 2.05) is 16.7 Å². The molecule has 0 atom stereocenters. The molecule has 9 heteroatoms. The average Bonchev–Trinajstić information content (AvgIpc) is 3.29. The molecule has 3 aromatic heterocycles. The van der Waals surface area contributed by atoms with Gasteiger partial charge in [-0.2, -0.15) is 4.52 Å². The molecule has 0 spiro atoms. The maximum Gasteiger partial charge on any atom is 0.185 e. The molecular weight excluding hydrogens is 323 g/mol. The third-order valence-corrected chi connectivity index (χ3v) is 3.73. The molecule has 0 radical (unpaired) electrons. The monoisotopic (exact) mass is 338 g/mol. The Bertz CT molecular complexity index is 962. The molecule has 4 rings (SSSR count). The van der Waals surface area contributed by atoms with Gasteiger partial charge < -0.3 is 9.88 Å². The Labute approximate surface area is 142 Å². The number of nitrogens with one attached hydrogen (secondary N) is 1. The number of fused-ring (bicyclic) bond motifs is 1. The first-order valence-electron chi connectivity index (χ1n) is 7.84. The van der Waals surface area contributed by atoms with Gasteiger partial charge in [-0.3, -0.25) is 0 Å². The summed E-state index contributed by atoms with van der Waals surface area (Å²) in [5.41, 5.74) is 1.39. The van der Waals surface area contributed by atoms with Crippen molar-refractivity contribution in [3.05, 3.63) is 54.9 Å². The van der Waals surface area contributed by atoms with Crippen molar-refractivity contribution in [3.8, 4) is 11.4 Å². The molecule has 126 valence electrons. The molecular formula is C16H15FN8. The quantitative estimate of drug-likeness (QED) is 0.541. The van der Waals surface area contributed by atoms with E-state index in [0.717, 1.165) is 30.9 Å². The zero-order chi connectivity index (χ0) is 17.1. The maximum absolute atomic E-state index is 13.1. The van der Waals surface area contributed by atoms with Crippen molar-refractivity contribution in [3.63, 3.8) is 0 Å². The molecule has 0 saturated heterocycles. The lowest BCUT2D eigenvalue weighted by Crippen LogP contribution is -2.08. The highest BCUT2D eigenvalue weighted by molar-refractivity contribution is 5.59. The van der Waals surface area contributed by atoms with Gasteiger partial charge in [-0.1, -0.05) is 0 Å². The molecule has 4 aromatic rings. The number of anilines is 1. The first kappa shape index (κ1) is 15.2. The fraction of sp³-hybridized carbons (Fsp3) is 0.188. The Kier molecular flexibility index (Phi) is 4.03. The van der Waals surface area contributed by atoms with E-state index in [9.17, 15) is 4.39 Å². The minimum atomic E-state index is -0.291. The summed E-state index contributed by atoms with van der Waals surface area (Å²) in [5, 5.41) is 23.6. The van der Waals surface area contributed by atoms with Crippen molar-refractivity contribution >= 4 is 11.5 Å². The molecule has 3 heterocycles. The van der Waals surface area contributed by atoms with Crippen LogP contribution in [0.15, 0.2) is 49.1 Å². The van der Waals surface area contributed by atoms with E-state index in [2.05, 4.69) is 30.8 Å². The smallest absolute Gasteiger partial charge is 0.185 e. The third-order valence-electron chi connectivity index (χ3n) is 3.73. The SMILES string of the molecule is Fc1ccc(-c2nnc3ccc(NCCCn4cnnc4)nn23)cc1. The largest absolute Gasteiger partial charge is 0.369 e. The first-order valence-corrected chi connectivity index (χ1v) is 7.84. The first-order chi connectivity index (χ1) is 12.3. The average molecular weight is 338 g/mol. The van der Waals surface area contributed by atoms with Crippen molar-refractivity contribution < 1.29 is 4.39 Å². The fourth-order valence-electron chi connectivity index (χ4n) is 2.48. The summed E-state index contributed by atoms with van der Waals surface area (Å²) in [6.07, 6.45) is 4.29. The third kappa shape index (κ3) is 3.30. The molecule has 0 saturated carbocycles. The summed E-state index contributed by atoms with van der Waals surface area (Å²) in [6.45, 7) is 1.58. The molecule has 0 aliphatic carbocycles. The molecule has 0 unspecified atom stereocenters. The van der Waals surface area contributed by atoms with Gasteiger partial charge in [0.05, 0.1) is 0 Å². The summed E-state index contributed by atoms with van der Waals surface area (Å²) in [6, 6.07) is 9.80. The second kappa shape index (κ2) is 6.63. The lowest BCUT2D eigenvalue weighted by atomic mass is 10.2. The zero-order valence-corrected chi connectivity index (χ0v) is 13.2. The molecule has 0 fully saturated rings. The number of benzene rings is 1. The molecule has 1 N–H and O–H groups in total.